The van der Waals surface area contributed by atoms with Crippen molar-refractivity contribution in [2.45, 2.75) is 51.6 Å². The van der Waals surface area contributed by atoms with Gasteiger partial charge in [0.15, 0.2) is 0 Å². The van der Waals surface area contributed by atoms with Gasteiger partial charge in [-0.3, -0.25) is 0 Å². The summed E-state index contributed by atoms with van der Waals surface area (Å²) in [5, 5.41) is 4.07. The van der Waals surface area contributed by atoms with Gasteiger partial charge in [-0.15, -0.1) is 0 Å². The maximum Gasteiger partial charge on any atom is 0.0478 e. The van der Waals surface area contributed by atoms with Crippen molar-refractivity contribution in [2.24, 2.45) is 0 Å². The maximum atomic E-state index is 8.06. The Morgan fingerprint density at radius 2 is 1.70 bits per heavy atom. The standard InChI is InChI=1S/C8H18N2/c1-5-6(2)10-8(4)7(3)9-5/h5-10H,1-4H3/i1D3,2D3,3D3,4D3,5D. The second-order valence-corrected chi connectivity index (χ2v) is 2.11. The molecular weight excluding hydrogens is 124 g/mol. The molecule has 1 fully saturated rings. The van der Waals surface area contributed by atoms with Crippen LogP contribution in [0.25, 0.3) is 0 Å². The first-order valence-corrected chi connectivity index (χ1v) is 2.85. The number of piperazine rings is 1. The summed E-state index contributed by atoms with van der Waals surface area (Å²) in [5.41, 5.74) is 0. The van der Waals surface area contributed by atoms with Gasteiger partial charge < -0.3 is 10.6 Å². The summed E-state index contributed by atoms with van der Waals surface area (Å²) in [7, 11) is 0. The van der Waals surface area contributed by atoms with Crippen LogP contribution >= 0.6 is 0 Å². The van der Waals surface area contributed by atoms with E-state index in [0.717, 1.165) is 0 Å². The summed E-state index contributed by atoms with van der Waals surface area (Å²) in [5.74, 6) is 0. The lowest BCUT2D eigenvalue weighted by molar-refractivity contribution is 0.250. The Bertz CT molecular complexity index is 431. The molecule has 1 aliphatic rings. The molecule has 2 nitrogen and oxygen atoms in total. The summed E-state index contributed by atoms with van der Waals surface area (Å²) in [4.78, 5) is 0. The van der Waals surface area contributed by atoms with E-state index in [-0.39, 0.29) is 0 Å². The van der Waals surface area contributed by atoms with E-state index in [9.17, 15) is 0 Å². The van der Waals surface area contributed by atoms with Crippen LogP contribution in [-0.4, -0.2) is 24.1 Å². The highest BCUT2D eigenvalue weighted by Gasteiger charge is 2.25. The fourth-order valence-corrected chi connectivity index (χ4v) is 0.693. The summed E-state index contributed by atoms with van der Waals surface area (Å²) in [6.45, 7) is -12.1. The number of hydrogen-bond donors (Lipinski definition) is 2. The summed E-state index contributed by atoms with van der Waals surface area (Å²) in [6, 6.07) is -8.75. The number of hydrogen-bond acceptors (Lipinski definition) is 2. The SMILES string of the molecule is [2H]C([2H])([2H])C1NC(C([2H])([2H])[2H])C([2H])(C([2H])([2H])[2H])NC1C([2H])([2H])[2H]. The van der Waals surface area contributed by atoms with Crippen LogP contribution in [0.1, 0.15) is 45.2 Å². The normalized spacial score (nSPS) is 80.8. The Balaban J connectivity index is 3.46. The highest BCUT2D eigenvalue weighted by Crippen LogP contribution is 2.05. The zero-order chi connectivity index (χ0) is 18.6. The summed E-state index contributed by atoms with van der Waals surface area (Å²) >= 11 is 0. The highest BCUT2D eigenvalue weighted by molar-refractivity contribution is 4.89. The van der Waals surface area contributed by atoms with Crippen molar-refractivity contribution in [1.82, 2.24) is 10.6 Å². The molecule has 4 atom stereocenters. The molecule has 1 heterocycles. The Morgan fingerprint density at radius 3 is 2.30 bits per heavy atom. The molecule has 0 aromatic heterocycles. The van der Waals surface area contributed by atoms with Crippen LogP contribution in [-0.2, 0) is 0 Å². The molecule has 0 bridgehead atoms. The molecule has 60 valence electrons. The molecule has 0 saturated carbocycles. The van der Waals surface area contributed by atoms with E-state index in [1.165, 1.54) is 0 Å². The van der Waals surface area contributed by atoms with E-state index in [1.807, 2.05) is 5.32 Å². The zero-order valence-electron chi connectivity index (χ0n) is 18.2. The minimum Gasteiger partial charge on any atom is -0.309 e. The number of rotatable bonds is 0. The first-order valence-electron chi connectivity index (χ1n) is 9.35. The average molecular weight is 155 g/mol. The van der Waals surface area contributed by atoms with Crippen molar-refractivity contribution >= 4 is 0 Å². The molecule has 0 radical (unpaired) electrons. The van der Waals surface area contributed by atoms with Crippen molar-refractivity contribution in [1.29, 1.82) is 0 Å². The van der Waals surface area contributed by atoms with Gasteiger partial charge in [0.25, 0.3) is 0 Å². The van der Waals surface area contributed by atoms with Gasteiger partial charge in [-0.2, -0.15) is 0 Å². The van der Waals surface area contributed by atoms with E-state index < -0.39 is 51.6 Å². The topological polar surface area (TPSA) is 24.1 Å². The third kappa shape index (κ3) is 1.50. The second-order valence-electron chi connectivity index (χ2n) is 2.11. The molecule has 0 aromatic rings. The van der Waals surface area contributed by atoms with Gasteiger partial charge >= 0.3 is 0 Å². The lowest BCUT2D eigenvalue weighted by atomic mass is 10.0. The quantitative estimate of drug-likeness (QED) is 0.539. The Morgan fingerprint density at radius 1 is 1.00 bits per heavy atom. The van der Waals surface area contributed by atoms with Crippen LogP contribution in [0.4, 0.5) is 0 Å². The Labute approximate surface area is 81.7 Å². The van der Waals surface area contributed by atoms with Gasteiger partial charge in [-0.25, -0.2) is 0 Å². The molecule has 2 N–H and O–H groups in total. The van der Waals surface area contributed by atoms with Crippen LogP contribution in [0, 0.1) is 0 Å². The van der Waals surface area contributed by atoms with Crippen LogP contribution in [0.5, 0.6) is 0 Å². The van der Waals surface area contributed by atoms with Gasteiger partial charge in [0, 0.05) is 42.0 Å². The third-order valence-corrected chi connectivity index (χ3v) is 1.28. The Hall–Kier alpha value is -0.0800. The molecule has 1 saturated heterocycles. The lowest BCUT2D eigenvalue weighted by Crippen LogP contribution is -2.62. The molecule has 4 unspecified atom stereocenters. The first kappa shape index (κ1) is 1.50. The molecule has 1 rings (SSSR count). The van der Waals surface area contributed by atoms with E-state index in [4.69, 9.17) is 17.8 Å². The average Bonchev–Trinajstić information content (AvgIpc) is 2.22. The predicted molar refractivity (Wildman–Crippen MR) is 44.1 cm³/mol. The highest BCUT2D eigenvalue weighted by atomic mass is 15.1. The van der Waals surface area contributed by atoms with E-state index in [0.29, 0.717) is 0 Å². The van der Waals surface area contributed by atoms with Crippen molar-refractivity contribution in [3.63, 3.8) is 0 Å². The lowest BCUT2D eigenvalue weighted by Gasteiger charge is -2.38. The molecule has 0 aromatic carbocycles. The van der Waals surface area contributed by atoms with E-state index in [1.54, 1.807) is 0 Å². The molecule has 1 aliphatic heterocycles. The van der Waals surface area contributed by atoms with Crippen LogP contribution < -0.4 is 10.6 Å². The minimum absolute atomic E-state index is 1.85. The fourth-order valence-electron chi connectivity index (χ4n) is 0.693. The predicted octanol–water partition coefficient (Wildman–Crippen LogP) is 0.733. The largest absolute Gasteiger partial charge is 0.309 e. The minimum atomic E-state index is -3.21. The molecule has 2 heteroatoms. The van der Waals surface area contributed by atoms with Crippen LogP contribution in [0.2, 0.25) is 0 Å². The van der Waals surface area contributed by atoms with Crippen LogP contribution in [0.3, 0.4) is 0 Å². The van der Waals surface area contributed by atoms with Crippen molar-refractivity contribution in [2.75, 3.05) is 0 Å². The van der Waals surface area contributed by atoms with Gasteiger partial charge in [-0.05, 0) is 27.4 Å². The molecule has 0 spiro atoms. The molecule has 0 amide bonds. The van der Waals surface area contributed by atoms with E-state index in [2.05, 4.69) is 5.32 Å². The van der Waals surface area contributed by atoms with E-state index >= 15 is 0 Å². The maximum absolute atomic E-state index is 8.06. The van der Waals surface area contributed by atoms with Crippen molar-refractivity contribution < 1.29 is 17.8 Å². The Kier molecular flexibility index (Phi) is 0.434. The first-order chi connectivity index (χ1) is 9.82. The van der Waals surface area contributed by atoms with Crippen molar-refractivity contribution in [3.8, 4) is 0 Å². The van der Waals surface area contributed by atoms with Gasteiger partial charge in [0.2, 0.25) is 0 Å². The smallest absolute Gasteiger partial charge is 0.0478 e. The third-order valence-electron chi connectivity index (χ3n) is 1.28. The second kappa shape index (κ2) is 2.89. The molecule has 10 heavy (non-hydrogen) atoms. The van der Waals surface area contributed by atoms with Gasteiger partial charge in [0.05, 0.1) is 0 Å². The van der Waals surface area contributed by atoms with Crippen molar-refractivity contribution in [3.05, 3.63) is 0 Å². The fraction of sp³-hybridized carbons (Fsp3) is 1.00. The van der Waals surface area contributed by atoms with Gasteiger partial charge in [-0.1, -0.05) is 0 Å². The van der Waals surface area contributed by atoms with Gasteiger partial charge in [0.1, 0.15) is 0 Å². The molecular formula is C8H18N2. The summed E-state index contributed by atoms with van der Waals surface area (Å²) < 4.78 is 97.0. The monoisotopic (exact) mass is 155 g/mol. The van der Waals surface area contributed by atoms with Crippen LogP contribution in [0.15, 0.2) is 0 Å². The number of nitrogens with one attached hydrogen (secondary N) is 2. The zero-order valence-corrected chi connectivity index (χ0v) is 5.23. The summed E-state index contributed by atoms with van der Waals surface area (Å²) in [6.07, 6.45) is 0. The molecule has 0 aliphatic carbocycles.